The van der Waals surface area contributed by atoms with E-state index in [1.807, 2.05) is 40.2 Å². The third-order valence-electron chi connectivity index (χ3n) is 6.48. The van der Waals surface area contributed by atoms with Crippen LogP contribution in [0.4, 0.5) is 20.2 Å². The predicted molar refractivity (Wildman–Crippen MR) is 128 cm³/mol. The number of piperazine rings is 1. The molecule has 5 rings (SSSR count). The van der Waals surface area contributed by atoms with E-state index in [1.54, 1.807) is 0 Å². The lowest BCUT2D eigenvalue weighted by molar-refractivity contribution is 0.101. The second-order valence-electron chi connectivity index (χ2n) is 9.03. The van der Waals surface area contributed by atoms with Crippen molar-refractivity contribution in [2.75, 3.05) is 54.6 Å². The third-order valence-corrected chi connectivity index (χ3v) is 8.77. The molecule has 3 aliphatic rings. The number of hydrogen-bond acceptors (Lipinski definition) is 7. The largest absolute Gasteiger partial charge is 0.300 e. The van der Waals surface area contributed by atoms with Gasteiger partial charge in [-0.05, 0) is 29.3 Å². The number of sulfonamides is 1. The Morgan fingerprint density at radius 2 is 1.82 bits per heavy atom. The highest BCUT2D eigenvalue weighted by Gasteiger charge is 2.57. The Balaban J connectivity index is 1.28. The molecule has 2 aromatic rings. The summed E-state index contributed by atoms with van der Waals surface area (Å²) >= 11 is 1.46. The highest BCUT2D eigenvalue weighted by molar-refractivity contribution is 8.02. The molecule has 1 saturated heterocycles. The molecule has 1 aromatic carbocycles. The molecule has 11 heteroatoms. The Hall–Kier alpha value is -1.95. The van der Waals surface area contributed by atoms with Crippen molar-refractivity contribution >= 4 is 33.5 Å². The molecule has 1 atom stereocenters. The molecule has 1 saturated carbocycles. The number of pyridine rings is 1. The second kappa shape index (κ2) is 8.37. The average molecular weight is 496 g/mol. The summed E-state index contributed by atoms with van der Waals surface area (Å²) < 4.78 is 55.7. The average Bonchev–Trinajstić information content (AvgIpc) is 3.25. The van der Waals surface area contributed by atoms with Crippen molar-refractivity contribution in [2.24, 2.45) is 5.92 Å². The molecule has 7 nitrogen and oxygen atoms in total. The Morgan fingerprint density at radius 1 is 1.09 bits per heavy atom. The maximum Gasteiger partial charge on any atom is 0.253 e. The number of benzene rings is 1. The molecule has 33 heavy (non-hydrogen) atoms. The van der Waals surface area contributed by atoms with E-state index in [-0.39, 0.29) is 6.42 Å². The quantitative estimate of drug-likeness (QED) is 0.570. The van der Waals surface area contributed by atoms with Gasteiger partial charge in [0, 0.05) is 76.6 Å². The topological polar surface area (TPSA) is 60.0 Å². The molecule has 1 aliphatic carbocycles. The summed E-state index contributed by atoms with van der Waals surface area (Å²) in [6, 6.07) is 8.21. The van der Waals surface area contributed by atoms with Gasteiger partial charge in [-0.25, -0.2) is 17.2 Å². The number of halogens is 2. The van der Waals surface area contributed by atoms with E-state index >= 15 is 0 Å². The van der Waals surface area contributed by atoms with E-state index in [2.05, 4.69) is 22.0 Å². The Labute approximate surface area is 197 Å². The lowest BCUT2D eigenvalue weighted by Crippen LogP contribution is -2.47. The van der Waals surface area contributed by atoms with Gasteiger partial charge < -0.3 is 0 Å². The van der Waals surface area contributed by atoms with Crippen LogP contribution in [0.15, 0.2) is 36.7 Å². The van der Waals surface area contributed by atoms with Crippen molar-refractivity contribution in [3.63, 3.8) is 0 Å². The highest BCUT2D eigenvalue weighted by Crippen LogP contribution is 2.53. The van der Waals surface area contributed by atoms with Crippen LogP contribution in [0.1, 0.15) is 12.0 Å². The Bertz CT molecular complexity index is 1160. The first-order valence-electron chi connectivity index (χ1n) is 10.9. The summed E-state index contributed by atoms with van der Waals surface area (Å²) in [6.07, 6.45) is 4.91. The molecule has 1 unspecified atom stereocenters. The predicted octanol–water partition coefficient (Wildman–Crippen LogP) is 3.30. The number of aromatic nitrogens is 1. The third kappa shape index (κ3) is 4.82. The fraction of sp³-hybridized carbons (Fsp3) is 0.500. The van der Waals surface area contributed by atoms with Crippen molar-refractivity contribution in [1.82, 2.24) is 14.2 Å². The summed E-state index contributed by atoms with van der Waals surface area (Å²) in [4.78, 5) is 6.66. The first-order chi connectivity index (χ1) is 15.6. The van der Waals surface area contributed by atoms with E-state index in [9.17, 15) is 17.2 Å². The van der Waals surface area contributed by atoms with E-state index in [0.29, 0.717) is 39.3 Å². The molecule has 1 aromatic heterocycles. The van der Waals surface area contributed by atoms with E-state index < -0.39 is 21.9 Å². The molecule has 0 radical (unpaired) electrons. The molecule has 2 fully saturated rings. The van der Waals surface area contributed by atoms with Crippen LogP contribution in [-0.4, -0.2) is 74.6 Å². The summed E-state index contributed by atoms with van der Waals surface area (Å²) in [7, 11) is -1.19. The summed E-state index contributed by atoms with van der Waals surface area (Å²) in [5.74, 6) is -3.09. The van der Waals surface area contributed by atoms with Crippen LogP contribution in [0.25, 0.3) is 11.1 Å². The van der Waals surface area contributed by atoms with Gasteiger partial charge in [0.05, 0.1) is 29.8 Å². The number of nitrogens with zero attached hydrogens (tertiary/aromatic N) is 5. The van der Waals surface area contributed by atoms with Crippen LogP contribution in [0.2, 0.25) is 0 Å². The zero-order valence-corrected chi connectivity index (χ0v) is 20.2. The molecule has 178 valence electrons. The van der Waals surface area contributed by atoms with Gasteiger partial charge >= 0.3 is 0 Å². The van der Waals surface area contributed by atoms with Crippen molar-refractivity contribution in [3.05, 3.63) is 42.2 Å². The summed E-state index contributed by atoms with van der Waals surface area (Å²) in [5.41, 5.74) is 5.05. The fourth-order valence-corrected chi connectivity index (χ4v) is 6.26. The van der Waals surface area contributed by atoms with Crippen LogP contribution < -0.4 is 8.61 Å². The van der Waals surface area contributed by atoms with Crippen LogP contribution in [-0.2, 0) is 16.6 Å². The smallest absolute Gasteiger partial charge is 0.253 e. The SMILES string of the molecule is CN1SN(CC2CC2(F)F)c2ccc(-c3cncc(CN4CCN(S(C)(=O)=O)CC4)c3)cc21. The van der Waals surface area contributed by atoms with Gasteiger partial charge in [0.25, 0.3) is 5.92 Å². The minimum Gasteiger partial charge on any atom is -0.300 e. The van der Waals surface area contributed by atoms with Crippen LogP contribution in [0.5, 0.6) is 0 Å². The molecule has 2 aliphatic heterocycles. The first-order valence-corrected chi connectivity index (χ1v) is 13.5. The molecular formula is C22H27F2N5O2S2. The van der Waals surface area contributed by atoms with E-state index in [0.717, 1.165) is 28.1 Å². The maximum absolute atomic E-state index is 13.4. The number of anilines is 2. The zero-order chi connectivity index (χ0) is 23.4. The fourth-order valence-electron chi connectivity index (χ4n) is 4.41. The number of fused-ring (bicyclic) bond motifs is 1. The summed E-state index contributed by atoms with van der Waals surface area (Å²) in [5, 5.41) is 0. The number of rotatable bonds is 6. The van der Waals surface area contributed by atoms with Crippen LogP contribution in [0, 0.1) is 5.92 Å². The molecule has 0 N–H and O–H groups in total. The number of alkyl halides is 2. The minimum atomic E-state index is -3.14. The van der Waals surface area contributed by atoms with Crippen molar-refractivity contribution in [1.29, 1.82) is 0 Å². The summed E-state index contributed by atoms with van der Waals surface area (Å²) in [6.45, 7) is 3.44. The monoisotopic (exact) mass is 495 g/mol. The molecule has 0 spiro atoms. The lowest BCUT2D eigenvalue weighted by Gasteiger charge is -2.33. The lowest BCUT2D eigenvalue weighted by atomic mass is 10.0. The molecular weight excluding hydrogens is 468 g/mol. The van der Waals surface area contributed by atoms with Gasteiger partial charge in [-0.15, -0.1) is 0 Å². The number of hydrogen-bond donors (Lipinski definition) is 0. The Kier molecular flexibility index (Phi) is 5.79. The van der Waals surface area contributed by atoms with Crippen molar-refractivity contribution in [3.8, 4) is 11.1 Å². The van der Waals surface area contributed by atoms with Gasteiger partial charge in [-0.2, -0.15) is 4.31 Å². The van der Waals surface area contributed by atoms with Gasteiger partial charge in [0.2, 0.25) is 10.0 Å². The van der Waals surface area contributed by atoms with Gasteiger partial charge in [0.1, 0.15) is 0 Å². The van der Waals surface area contributed by atoms with Gasteiger partial charge in [0.15, 0.2) is 0 Å². The Morgan fingerprint density at radius 3 is 2.48 bits per heavy atom. The van der Waals surface area contributed by atoms with Gasteiger partial charge in [-0.1, -0.05) is 6.07 Å². The van der Waals surface area contributed by atoms with E-state index in [4.69, 9.17) is 0 Å². The normalized spacial score (nSPS) is 23.1. The van der Waals surface area contributed by atoms with Crippen molar-refractivity contribution in [2.45, 2.75) is 18.9 Å². The van der Waals surface area contributed by atoms with E-state index in [1.165, 1.54) is 22.7 Å². The molecule has 3 heterocycles. The van der Waals surface area contributed by atoms with Crippen LogP contribution >= 0.6 is 12.1 Å². The maximum atomic E-state index is 13.4. The zero-order valence-electron chi connectivity index (χ0n) is 18.6. The molecule has 0 bridgehead atoms. The van der Waals surface area contributed by atoms with Gasteiger partial charge in [-0.3, -0.25) is 18.5 Å². The standard InChI is InChI=1S/C22H27F2N5O2S2/c1-26-21-10-17(3-4-20(21)29(32-26)15-19-11-22(19,23)24)18-9-16(12-25-13-18)14-27-5-7-28(8-6-27)33(2,30)31/h3-4,9-10,12-13,19H,5-8,11,14-15H2,1-2H3. The molecule has 0 amide bonds. The van der Waals surface area contributed by atoms with Crippen molar-refractivity contribution < 1.29 is 17.2 Å². The first kappa shape index (κ1) is 22.8. The second-order valence-corrected chi connectivity index (χ2v) is 12.2. The highest BCUT2D eigenvalue weighted by atomic mass is 32.2. The minimum absolute atomic E-state index is 0.0248. The van der Waals surface area contributed by atoms with Crippen LogP contribution in [0.3, 0.4) is 0 Å².